The van der Waals surface area contributed by atoms with Gasteiger partial charge in [0.25, 0.3) is 0 Å². The molecule has 0 aromatic heterocycles. The molecule has 0 aliphatic carbocycles. The van der Waals surface area contributed by atoms with Crippen LogP contribution in [-0.2, 0) is 9.84 Å². The number of rotatable bonds is 3. The minimum atomic E-state index is -3.54. The second kappa shape index (κ2) is 6.12. The van der Waals surface area contributed by atoms with Gasteiger partial charge in [0.2, 0.25) is 9.84 Å². The van der Waals surface area contributed by atoms with Crippen LogP contribution in [0.3, 0.4) is 0 Å². The SMILES string of the molecule is Cc1ccc(S(=O)(=O)/C=C(/Cl)c2ccc(Br)cc2)cc1. The van der Waals surface area contributed by atoms with Gasteiger partial charge < -0.3 is 0 Å². The molecule has 0 fully saturated rings. The number of benzene rings is 2. The molecule has 2 aromatic carbocycles. The molecular weight excluding hydrogens is 360 g/mol. The normalized spacial score (nSPS) is 12.4. The largest absolute Gasteiger partial charge is 0.219 e. The molecule has 0 aliphatic rings. The molecule has 104 valence electrons. The van der Waals surface area contributed by atoms with Crippen molar-refractivity contribution in [2.24, 2.45) is 0 Å². The van der Waals surface area contributed by atoms with E-state index in [1.807, 2.05) is 19.1 Å². The lowest BCUT2D eigenvalue weighted by Crippen LogP contribution is -1.97. The third kappa shape index (κ3) is 3.72. The summed E-state index contributed by atoms with van der Waals surface area (Å²) in [6.45, 7) is 1.90. The fourth-order valence-electron chi connectivity index (χ4n) is 1.61. The van der Waals surface area contributed by atoms with Crippen LogP contribution in [0, 0.1) is 6.92 Å². The molecule has 2 nitrogen and oxygen atoms in total. The highest BCUT2D eigenvalue weighted by Crippen LogP contribution is 2.24. The highest BCUT2D eigenvalue weighted by Gasteiger charge is 2.12. The molecule has 2 rings (SSSR count). The Balaban J connectivity index is 2.37. The minimum Gasteiger partial charge on any atom is -0.219 e. The van der Waals surface area contributed by atoms with Crippen molar-refractivity contribution in [3.8, 4) is 0 Å². The van der Waals surface area contributed by atoms with E-state index in [2.05, 4.69) is 15.9 Å². The quantitative estimate of drug-likeness (QED) is 0.779. The van der Waals surface area contributed by atoms with Crippen LogP contribution in [0.5, 0.6) is 0 Å². The van der Waals surface area contributed by atoms with Crippen LogP contribution in [0.4, 0.5) is 0 Å². The van der Waals surface area contributed by atoms with Crippen molar-refractivity contribution in [2.75, 3.05) is 0 Å². The first-order chi connectivity index (χ1) is 9.38. The lowest BCUT2D eigenvalue weighted by Gasteiger charge is -2.03. The summed E-state index contributed by atoms with van der Waals surface area (Å²) in [5.41, 5.74) is 1.66. The number of sulfone groups is 1. The summed E-state index contributed by atoms with van der Waals surface area (Å²) in [5, 5.41) is 1.28. The van der Waals surface area contributed by atoms with Crippen molar-refractivity contribution in [1.29, 1.82) is 0 Å². The minimum absolute atomic E-state index is 0.193. The second-order valence-corrected chi connectivity index (χ2v) is 7.45. The van der Waals surface area contributed by atoms with E-state index in [9.17, 15) is 8.42 Å². The van der Waals surface area contributed by atoms with E-state index in [1.165, 1.54) is 0 Å². The molecule has 0 radical (unpaired) electrons. The second-order valence-electron chi connectivity index (χ2n) is 4.33. The highest BCUT2D eigenvalue weighted by atomic mass is 79.9. The number of halogens is 2. The topological polar surface area (TPSA) is 34.1 Å². The fraction of sp³-hybridized carbons (Fsp3) is 0.0667. The van der Waals surface area contributed by atoms with Gasteiger partial charge >= 0.3 is 0 Å². The Morgan fingerprint density at radius 2 is 1.60 bits per heavy atom. The first-order valence-electron chi connectivity index (χ1n) is 5.83. The molecule has 0 saturated heterocycles. The van der Waals surface area contributed by atoms with Crippen molar-refractivity contribution in [3.05, 3.63) is 69.5 Å². The molecule has 0 spiro atoms. The molecule has 0 N–H and O–H groups in total. The van der Waals surface area contributed by atoms with E-state index in [0.717, 1.165) is 15.4 Å². The van der Waals surface area contributed by atoms with Gasteiger partial charge in [-0.2, -0.15) is 0 Å². The third-order valence-corrected chi connectivity index (χ3v) is 5.19. The van der Waals surface area contributed by atoms with E-state index in [4.69, 9.17) is 11.6 Å². The highest BCUT2D eigenvalue weighted by molar-refractivity contribution is 9.10. The molecule has 0 heterocycles. The predicted octanol–water partition coefficient (Wildman–Crippen LogP) is 4.77. The van der Waals surface area contributed by atoms with Gasteiger partial charge in [0.05, 0.1) is 15.3 Å². The van der Waals surface area contributed by atoms with Crippen LogP contribution in [0.2, 0.25) is 0 Å². The zero-order valence-electron chi connectivity index (χ0n) is 10.7. The molecule has 0 aliphatic heterocycles. The van der Waals surface area contributed by atoms with Crippen LogP contribution in [0.25, 0.3) is 5.03 Å². The van der Waals surface area contributed by atoms with Crippen molar-refractivity contribution in [1.82, 2.24) is 0 Å². The van der Waals surface area contributed by atoms with Crippen LogP contribution in [-0.4, -0.2) is 8.42 Å². The lowest BCUT2D eigenvalue weighted by molar-refractivity contribution is 0.605. The molecule has 20 heavy (non-hydrogen) atoms. The average molecular weight is 372 g/mol. The molecule has 0 saturated carbocycles. The van der Waals surface area contributed by atoms with E-state index < -0.39 is 9.84 Å². The smallest absolute Gasteiger partial charge is 0.201 e. The zero-order valence-corrected chi connectivity index (χ0v) is 13.8. The van der Waals surface area contributed by atoms with Gasteiger partial charge in [-0.3, -0.25) is 0 Å². The number of aryl methyl sites for hydroxylation is 1. The van der Waals surface area contributed by atoms with Crippen LogP contribution < -0.4 is 0 Å². The van der Waals surface area contributed by atoms with Gasteiger partial charge in [-0.05, 0) is 36.8 Å². The predicted molar refractivity (Wildman–Crippen MR) is 86.3 cm³/mol. The summed E-state index contributed by atoms with van der Waals surface area (Å²) in [5.74, 6) is 0. The maximum atomic E-state index is 12.2. The van der Waals surface area contributed by atoms with Gasteiger partial charge in [0.1, 0.15) is 0 Å². The molecule has 0 unspecified atom stereocenters. The maximum absolute atomic E-state index is 12.2. The third-order valence-electron chi connectivity index (χ3n) is 2.73. The van der Waals surface area contributed by atoms with Gasteiger partial charge in [-0.1, -0.05) is 57.4 Å². The van der Waals surface area contributed by atoms with Crippen molar-refractivity contribution in [2.45, 2.75) is 11.8 Å². The van der Waals surface area contributed by atoms with E-state index in [0.29, 0.717) is 5.56 Å². The van der Waals surface area contributed by atoms with Crippen LogP contribution in [0.1, 0.15) is 11.1 Å². The summed E-state index contributed by atoms with van der Waals surface area (Å²) >= 11 is 9.41. The van der Waals surface area contributed by atoms with Crippen LogP contribution in [0.15, 0.2) is 63.3 Å². The summed E-state index contributed by atoms with van der Waals surface area (Å²) in [6.07, 6.45) is 0. The zero-order chi connectivity index (χ0) is 14.8. The number of hydrogen-bond donors (Lipinski definition) is 0. The van der Waals surface area contributed by atoms with Crippen molar-refractivity contribution >= 4 is 42.4 Å². The standard InChI is InChI=1S/C15H12BrClO2S/c1-11-2-8-14(9-3-11)20(18,19)10-15(17)12-4-6-13(16)7-5-12/h2-10H,1H3/b15-10+. The molecule has 5 heteroatoms. The Morgan fingerprint density at radius 1 is 1.05 bits per heavy atom. The Labute approximate surface area is 132 Å². The van der Waals surface area contributed by atoms with Crippen LogP contribution >= 0.6 is 27.5 Å². The number of hydrogen-bond acceptors (Lipinski definition) is 2. The summed E-state index contributed by atoms with van der Waals surface area (Å²) in [7, 11) is -3.54. The summed E-state index contributed by atoms with van der Waals surface area (Å²) < 4.78 is 25.4. The summed E-state index contributed by atoms with van der Waals surface area (Å²) in [6, 6.07) is 13.8. The first-order valence-corrected chi connectivity index (χ1v) is 8.55. The molecule has 2 aromatic rings. The Hall–Kier alpha value is -1.10. The van der Waals surface area contributed by atoms with Gasteiger partial charge in [0, 0.05) is 4.47 Å². The van der Waals surface area contributed by atoms with Crippen molar-refractivity contribution < 1.29 is 8.42 Å². The Bertz CT molecular complexity index is 732. The molecular formula is C15H12BrClO2S. The Morgan fingerprint density at radius 3 is 2.15 bits per heavy atom. The summed E-state index contributed by atoms with van der Waals surface area (Å²) in [4.78, 5) is 0.235. The Kier molecular flexibility index (Phi) is 4.68. The lowest BCUT2D eigenvalue weighted by atomic mass is 10.2. The van der Waals surface area contributed by atoms with Gasteiger partial charge in [0.15, 0.2) is 0 Å². The first kappa shape index (κ1) is 15.3. The molecule has 0 amide bonds. The van der Waals surface area contributed by atoms with E-state index in [1.54, 1.807) is 36.4 Å². The van der Waals surface area contributed by atoms with Gasteiger partial charge in [-0.25, -0.2) is 8.42 Å². The monoisotopic (exact) mass is 370 g/mol. The van der Waals surface area contributed by atoms with Gasteiger partial charge in [-0.15, -0.1) is 0 Å². The van der Waals surface area contributed by atoms with E-state index in [-0.39, 0.29) is 9.93 Å². The van der Waals surface area contributed by atoms with E-state index >= 15 is 0 Å². The fourth-order valence-corrected chi connectivity index (χ4v) is 3.41. The molecule has 0 atom stereocenters. The molecule has 0 bridgehead atoms. The average Bonchev–Trinajstić information content (AvgIpc) is 2.39. The van der Waals surface area contributed by atoms with Crippen molar-refractivity contribution in [3.63, 3.8) is 0 Å². The maximum Gasteiger partial charge on any atom is 0.201 e.